The molecule has 2 rings (SSSR count). The molecule has 0 aliphatic carbocycles. The Morgan fingerprint density at radius 3 is 2.55 bits per heavy atom. The van der Waals surface area contributed by atoms with Crippen molar-refractivity contribution in [3.05, 3.63) is 28.2 Å². The molecule has 0 radical (unpaired) electrons. The van der Waals surface area contributed by atoms with Gasteiger partial charge in [-0.15, -0.1) is 0 Å². The molecule has 0 saturated carbocycles. The Morgan fingerprint density at radius 1 is 1.40 bits per heavy atom. The smallest absolute Gasteiger partial charge is 0.336 e. The number of halogens is 1. The topological polar surface area (TPSA) is 74.7 Å². The molecule has 1 aliphatic rings. The third-order valence-corrected chi connectivity index (χ3v) is 6.17. The van der Waals surface area contributed by atoms with Crippen LogP contribution in [-0.2, 0) is 10.0 Å². The number of sulfonamides is 1. The summed E-state index contributed by atoms with van der Waals surface area (Å²) in [5.41, 5.74) is -0.0500. The first kappa shape index (κ1) is 15.5. The highest BCUT2D eigenvalue weighted by atomic mass is 79.9. The van der Waals surface area contributed by atoms with Crippen LogP contribution in [-0.4, -0.2) is 36.4 Å². The summed E-state index contributed by atoms with van der Waals surface area (Å²) >= 11 is 3.11. The Morgan fingerprint density at radius 2 is 2.05 bits per heavy atom. The van der Waals surface area contributed by atoms with Gasteiger partial charge in [-0.2, -0.15) is 4.31 Å². The maximum Gasteiger partial charge on any atom is 0.336 e. The highest BCUT2D eigenvalue weighted by molar-refractivity contribution is 9.10. The molecule has 20 heavy (non-hydrogen) atoms. The number of nitrogens with zero attached hydrogens (tertiary/aromatic N) is 1. The van der Waals surface area contributed by atoms with Crippen molar-refractivity contribution in [2.24, 2.45) is 5.92 Å². The highest BCUT2D eigenvalue weighted by Crippen LogP contribution is 2.30. The van der Waals surface area contributed by atoms with Crippen molar-refractivity contribution in [1.29, 1.82) is 0 Å². The minimum atomic E-state index is -3.64. The molecule has 1 aliphatic heterocycles. The monoisotopic (exact) mass is 361 g/mol. The summed E-state index contributed by atoms with van der Waals surface area (Å²) in [5, 5.41) is 9.08. The number of carbonyl (C=O) groups is 1. The van der Waals surface area contributed by atoms with E-state index in [1.807, 2.05) is 13.8 Å². The molecule has 2 atom stereocenters. The number of hydrogen-bond acceptors (Lipinski definition) is 3. The van der Waals surface area contributed by atoms with Crippen LogP contribution in [0, 0.1) is 5.92 Å². The molecule has 0 aromatic heterocycles. The predicted octanol–water partition coefficient (Wildman–Crippen LogP) is 2.57. The lowest BCUT2D eigenvalue weighted by molar-refractivity contribution is 0.0695. The summed E-state index contributed by atoms with van der Waals surface area (Å²) in [6, 6.07) is 4.03. The average molecular weight is 362 g/mol. The van der Waals surface area contributed by atoms with Gasteiger partial charge in [0.1, 0.15) is 0 Å². The van der Waals surface area contributed by atoms with Crippen molar-refractivity contribution in [3.8, 4) is 0 Å². The van der Waals surface area contributed by atoms with E-state index in [9.17, 15) is 13.2 Å². The third kappa shape index (κ3) is 2.75. The van der Waals surface area contributed by atoms with E-state index in [-0.39, 0.29) is 16.5 Å². The Bertz CT molecular complexity index is 644. The molecular weight excluding hydrogens is 346 g/mol. The zero-order chi connectivity index (χ0) is 15.1. The lowest BCUT2D eigenvalue weighted by atomic mass is 10.1. The van der Waals surface area contributed by atoms with Gasteiger partial charge < -0.3 is 5.11 Å². The van der Waals surface area contributed by atoms with E-state index < -0.39 is 16.0 Å². The summed E-state index contributed by atoms with van der Waals surface area (Å²) in [4.78, 5) is 11.1. The van der Waals surface area contributed by atoms with Crippen molar-refractivity contribution in [1.82, 2.24) is 4.31 Å². The van der Waals surface area contributed by atoms with Crippen LogP contribution in [0.3, 0.4) is 0 Å². The SMILES string of the molecule is CC1CC(C)N(S(=O)(=O)c2ccc(Br)c(C(=O)O)c2)C1. The average Bonchev–Trinajstić information content (AvgIpc) is 2.69. The van der Waals surface area contributed by atoms with Crippen LogP contribution in [0.25, 0.3) is 0 Å². The van der Waals surface area contributed by atoms with Crippen molar-refractivity contribution in [2.45, 2.75) is 31.2 Å². The van der Waals surface area contributed by atoms with Gasteiger partial charge in [-0.05, 0) is 53.4 Å². The fourth-order valence-electron chi connectivity index (χ4n) is 2.56. The maximum atomic E-state index is 12.6. The molecule has 0 spiro atoms. The molecule has 7 heteroatoms. The molecule has 5 nitrogen and oxygen atoms in total. The Balaban J connectivity index is 2.45. The van der Waals surface area contributed by atoms with Gasteiger partial charge in [0.25, 0.3) is 0 Å². The summed E-state index contributed by atoms with van der Waals surface area (Å²) in [7, 11) is -3.64. The highest BCUT2D eigenvalue weighted by Gasteiger charge is 2.36. The Labute approximate surface area is 126 Å². The van der Waals surface area contributed by atoms with Gasteiger partial charge in [-0.3, -0.25) is 0 Å². The van der Waals surface area contributed by atoms with Crippen LogP contribution < -0.4 is 0 Å². The predicted molar refractivity (Wildman–Crippen MR) is 78.2 cm³/mol. The zero-order valence-electron chi connectivity index (χ0n) is 11.2. The molecule has 1 saturated heterocycles. The quantitative estimate of drug-likeness (QED) is 0.897. The molecule has 1 fully saturated rings. The van der Waals surface area contributed by atoms with Crippen LogP contribution in [0.1, 0.15) is 30.6 Å². The summed E-state index contributed by atoms with van der Waals surface area (Å²) in [5.74, 6) is -0.842. The summed E-state index contributed by atoms with van der Waals surface area (Å²) < 4.78 is 27.0. The van der Waals surface area contributed by atoms with Gasteiger partial charge in [-0.1, -0.05) is 6.92 Å². The fraction of sp³-hybridized carbons (Fsp3) is 0.462. The molecule has 2 unspecified atom stereocenters. The van der Waals surface area contributed by atoms with Gasteiger partial charge in [0, 0.05) is 17.1 Å². The molecule has 0 bridgehead atoms. The van der Waals surface area contributed by atoms with E-state index in [4.69, 9.17) is 5.11 Å². The number of aromatic carboxylic acids is 1. The number of hydrogen-bond donors (Lipinski definition) is 1. The number of rotatable bonds is 3. The second-order valence-corrected chi connectivity index (χ2v) is 7.96. The second-order valence-electron chi connectivity index (χ2n) is 5.21. The van der Waals surface area contributed by atoms with E-state index in [0.29, 0.717) is 16.9 Å². The largest absolute Gasteiger partial charge is 0.478 e. The molecule has 0 amide bonds. The summed E-state index contributed by atoms with van der Waals surface area (Å²) in [6.45, 7) is 4.36. The van der Waals surface area contributed by atoms with Crippen LogP contribution in [0.4, 0.5) is 0 Å². The zero-order valence-corrected chi connectivity index (χ0v) is 13.6. The fourth-order valence-corrected chi connectivity index (χ4v) is 4.77. The summed E-state index contributed by atoms with van der Waals surface area (Å²) in [6.07, 6.45) is 0.821. The van der Waals surface area contributed by atoms with E-state index in [1.165, 1.54) is 22.5 Å². The normalized spacial score (nSPS) is 23.9. The van der Waals surface area contributed by atoms with Crippen molar-refractivity contribution >= 4 is 31.9 Å². The Kier molecular flexibility index (Phi) is 4.22. The number of benzene rings is 1. The van der Waals surface area contributed by atoms with Crippen LogP contribution in [0.15, 0.2) is 27.6 Å². The van der Waals surface area contributed by atoms with Crippen LogP contribution >= 0.6 is 15.9 Å². The van der Waals surface area contributed by atoms with E-state index in [0.717, 1.165) is 6.42 Å². The molecule has 110 valence electrons. The van der Waals surface area contributed by atoms with Gasteiger partial charge in [0.2, 0.25) is 10.0 Å². The van der Waals surface area contributed by atoms with Crippen molar-refractivity contribution in [2.75, 3.05) is 6.54 Å². The molecular formula is C13H16BrNO4S. The van der Waals surface area contributed by atoms with Gasteiger partial charge in [0.15, 0.2) is 0 Å². The Hall–Kier alpha value is -0.920. The molecule has 1 aromatic rings. The minimum Gasteiger partial charge on any atom is -0.478 e. The minimum absolute atomic E-state index is 0.0269. The molecule has 1 N–H and O–H groups in total. The van der Waals surface area contributed by atoms with Crippen molar-refractivity contribution in [3.63, 3.8) is 0 Å². The van der Waals surface area contributed by atoms with Crippen LogP contribution in [0.5, 0.6) is 0 Å². The van der Waals surface area contributed by atoms with E-state index >= 15 is 0 Å². The first-order valence-electron chi connectivity index (χ1n) is 6.28. The van der Waals surface area contributed by atoms with Crippen molar-refractivity contribution < 1.29 is 18.3 Å². The van der Waals surface area contributed by atoms with E-state index in [2.05, 4.69) is 15.9 Å². The first-order valence-corrected chi connectivity index (χ1v) is 8.51. The molecule has 1 aromatic carbocycles. The first-order chi connectivity index (χ1) is 9.23. The van der Waals surface area contributed by atoms with E-state index in [1.54, 1.807) is 0 Å². The molecule has 1 heterocycles. The third-order valence-electron chi connectivity index (χ3n) is 3.50. The second kappa shape index (κ2) is 5.46. The standard InChI is InChI=1S/C13H16BrNO4S/c1-8-5-9(2)15(7-8)20(18,19)10-3-4-12(14)11(6-10)13(16)17/h3-4,6,8-9H,5,7H2,1-2H3,(H,16,17). The van der Waals surface area contributed by atoms with Crippen LogP contribution in [0.2, 0.25) is 0 Å². The number of carboxylic acid groups (broad SMARTS) is 1. The van der Waals surface area contributed by atoms with Gasteiger partial charge in [-0.25, -0.2) is 13.2 Å². The van der Waals surface area contributed by atoms with Gasteiger partial charge >= 0.3 is 5.97 Å². The lowest BCUT2D eigenvalue weighted by Crippen LogP contribution is -2.34. The number of carboxylic acids is 1. The lowest BCUT2D eigenvalue weighted by Gasteiger charge is -2.21. The van der Waals surface area contributed by atoms with Gasteiger partial charge in [0.05, 0.1) is 10.5 Å². The maximum absolute atomic E-state index is 12.6.